The van der Waals surface area contributed by atoms with Gasteiger partial charge in [0.25, 0.3) is 5.69 Å². The molecular formula is C19H12N2O5. The molecule has 4 rings (SSSR count). The monoisotopic (exact) mass is 348 g/mol. The maximum absolute atomic E-state index is 11.6. The number of ether oxygens (including phenoxy) is 1. The number of non-ortho nitro benzene ring substituents is 1. The second-order valence-electron chi connectivity index (χ2n) is 5.77. The van der Waals surface area contributed by atoms with Crippen LogP contribution in [0.1, 0.15) is 5.56 Å². The molecule has 0 unspecified atom stereocenters. The van der Waals surface area contributed by atoms with Crippen molar-refractivity contribution in [2.75, 3.05) is 0 Å². The lowest BCUT2D eigenvalue weighted by Gasteiger charge is -2.10. The zero-order chi connectivity index (χ0) is 18.3. The molecule has 2 aromatic carbocycles. The number of nitrogens with zero attached hydrogens (tertiary/aromatic N) is 2. The van der Waals surface area contributed by atoms with E-state index in [-0.39, 0.29) is 5.69 Å². The summed E-state index contributed by atoms with van der Waals surface area (Å²) in [5.41, 5.74) is 0.759. The summed E-state index contributed by atoms with van der Waals surface area (Å²) in [6.45, 7) is 1.83. The summed E-state index contributed by atoms with van der Waals surface area (Å²) < 4.78 is 11.1. The third-order valence-corrected chi connectivity index (χ3v) is 4.10. The van der Waals surface area contributed by atoms with Gasteiger partial charge in [0.15, 0.2) is 0 Å². The minimum atomic E-state index is -0.457. The Morgan fingerprint density at radius 3 is 2.73 bits per heavy atom. The van der Waals surface area contributed by atoms with Crippen LogP contribution in [0, 0.1) is 17.0 Å². The maximum Gasteiger partial charge on any atom is 0.336 e. The number of hydrogen-bond donors (Lipinski definition) is 0. The van der Waals surface area contributed by atoms with Crippen LogP contribution in [-0.2, 0) is 0 Å². The molecule has 0 fully saturated rings. The molecule has 26 heavy (non-hydrogen) atoms. The number of benzene rings is 2. The highest BCUT2D eigenvalue weighted by molar-refractivity contribution is 5.95. The summed E-state index contributed by atoms with van der Waals surface area (Å²) in [6, 6.07) is 11.2. The Balaban J connectivity index is 1.83. The Bertz CT molecular complexity index is 1230. The standard InChI is InChI=1S/C19H12N2O5/c1-11-8-19(22)26-18-9-12(2-3-13(11)18)25-17-5-4-16(21(23)24)15-10-20-7-6-14(15)17/h2-10H,1H3. The van der Waals surface area contributed by atoms with Gasteiger partial charge in [-0.1, -0.05) is 0 Å². The third kappa shape index (κ3) is 2.65. The quantitative estimate of drug-likeness (QED) is 0.310. The van der Waals surface area contributed by atoms with Crippen molar-refractivity contribution in [3.63, 3.8) is 0 Å². The first kappa shape index (κ1) is 15.8. The highest BCUT2D eigenvalue weighted by Gasteiger charge is 2.16. The van der Waals surface area contributed by atoms with Crippen LogP contribution in [0.15, 0.2) is 64.1 Å². The number of fused-ring (bicyclic) bond motifs is 2. The highest BCUT2D eigenvalue weighted by Crippen LogP contribution is 2.35. The molecule has 0 saturated carbocycles. The zero-order valence-electron chi connectivity index (χ0n) is 13.6. The van der Waals surface area contributed by atoms with Gasteiger partial charge < -0.3 is 9.15 Å². The molecule has 0 amide bonds. The average molecular weight is 348 g/mol. The molecule has 128 valence electrons. The van der Waals surface area contributed by atoms with Crippen molar-refractivity contribution in [2.24, 2.45) is 0 Å². The molecule has 2 aromatic heterocycles. The first-order chi connectivity index (χ1) is 12.5. The fourth-order valence-corrected chi connectivity index (χ4v) is 2.89. The topological polar surface area (TPSA) is 95.5 Å². The summed E-state index contributed by atoms with van der Waals surface area (Å²) in [5.74, 6) is 0.903. The second kappa shape index (κ2) is 5.96. The first-order valence-electron chi connectivity index (χ1n) is 7.76. The van der Waals surface area contributed by atoms with Gasteiger partial charge in [-0.3, -0.25) is 15.1 Å². The van der Waals surface area contributed by atoms with Gasteiger partial charge in [-0.25, -0.2) is 4.79 Å². The van der Waals surface area contributed by atoms with E-state index in [1.54, 1.807) is 30.5 Å². The average Bonchev–Trinajstić information content (AvgIpc) is 2.61. The van der Waals surface area contributed by atoms with E-state index in [1.165, 1.54) is 24.4 Å². The fourth-order valence-electron chi connectivity index (χ4n) is 2.89. The van der Waals surface area contributed by atoms with Crippen molar-refractivity contribution in [1.29, 1.82) is 0 Å². The van der Waals surface area contributed by atoms with Crippen molar-refractivity contribution in [1.82, 2.24) is 4.98 Å². The van der Waals surface area contributed by atoms with E-state index in [9.17, 15) is 14.9 Å². The van der Waals surface area contributed by atoms with Crippen LogP contribution < -0.4 is 10.4 Å². The van der Waals surface area contributed by atoms with Gasteiger partial charge in [0, 0.05) is 41.4 Å². The number of aryl methyl sites for hydroxylation is 1. The lowest BCUT2D eigenvalue weighted by atomic mass is 10.1. The second-order valence-corrected chi connectivity index (χ2v) is 5.77. The summed E-state index contributed by atoms with van der Waals surface area (Å²) in [6.07, 6.45) is 2.98. The first-order valence-corrected chi connectivity index (χ1v) is 7.76. The number of pyridine rings is 1. The molecule has 0 atom stereocenters. The summed E-state index contributed by atoms with van der Waals surface area (Å²) in [4.78, 5) is 26.3. The van der Waals surface area contributed by atoms with Crippen LogP contribution in [0.2, 0.25) is 0 Å². The molecule has 0 spiro atoms. The van der Waals surface area contributed by atoms with Gasteiger partial charge in [-0.15, -0.1) is 0 Å². The van der Waals surface area contributed by atoms with E-state index in [1.807, 2.05) is 6.92 Å². The van der Waals surface area contributed by atoms with Crippen LogP contribution in [0.5, 0.6) is 11.5 Å². The molecule has 7 nitrogen and oxygen atoms in total. The molecule has 0 aliphatic heterocycles. The summed E-state index contributed by atoms with van der Waals surface area (Å²) in [7, 11) is 0. The van der Waals surface area contributed by atoms with Crippen LogP contribution in [0.25, 0.3) is 21.7 Å². The third-order valence-electron chi connectivity index (χ3n) is 4.10. The SMILES string of the molecule is Cc1cc(=O)oc2cc(Oc3ccc([N+](=O)[O-])c4cnccc34)ccc12. The lowest BCUT2D eigenvalue weighted by Crippen LogP contribution is -1.98. The Morgan fingerprint density at radius 2 is 1.92 bits per heavy atom. The fraction of sp³-hybridized carbons (Fsp3) is 0.0526. The predicted octanol–water partition coefficient (Wildman–Crippen LogP) is 4.35. The van der Waals surface area contributed by atoms with Crippen molar-refractivity contribution in [3.8, 4) is 11.5 Å². The molecule has 0 bridgehead atoms. The van der Waals surface area contributed by atoms with Gasteiger partial charge in [0.1, 0.15) is 17.1 Å². The maximum atomic E-state index is 11.6. The molecule has 0 aliphatic rings. The van der Waals surface area contributed by atoms with E-state index in [4.69, 9.17) is 9.15 Å². The van der Waals surface area contributed by atoms with Crippen molar-refractivity contribution >= 4 is 27.4 Å². The highest BCUT2D eigenvalue weighted by atomic mass is 16.6. The minimum absolute atomic E-state index is 0.0411. The van der Waals surface area contributed by atoms with E-state index in [0.717, 1.165) is 10.9 Å². The van der Waals surface area contributed by atoms with Crippen LogP contribution in [-0.4, -0.2) is 9.91 Å². The summed E-state index contributed by atoms with van der Waals surface area (Å²) >= 11 is 0. The van der Waals surface area contributed by atoms with Crippen LogP contribution in [0.3, 0.4) is 0 Å². The lowest BCUT2D eigenvalue weighted by molar-refractivity contribution is -0.383. The van der Waals surface area contributed by atoms with Crippen LogP contribution >= 0.6 is 0 Å². The molecule has 2 heterocycles. The van der Waals surface area contributed by atoms with Gasteiger partial charge in [-0.05, 0) is 36.8 Å². The molecule has 0 N–H and O–H groups in total. The number of hydrogen-bond acceptors (Lipinski definition) is 6. The van der Waals surface area contributed by atoms with E-state index in [2.05, 4.69) is 4.98 Å². The van der Waals surface area contributed by atoms with E-state index >= 15 is 0 Å². The Morgan fingerprint density at radius 1 is 1.08 bits per heavy atom. The van der Waals surface area contributed by atoms with Gasteiger partial charge in [0.2, 0.25) is 0 Å². The van der Waals surface area contributed by atoms with Crippen molar-refractivity contribution in [2.45, 2.75) is 6.92 Å². The Hall–Kier alpha value is -3.74. The van der Waals surface area contributed by atoms with Gasteiger partial charge in [0.05, 0.1) is 10.3 Å². The Labute approximate surface area is 146 Å². The minimum Gasteiger partial charge on any atom is -0.457 e. The largest absolute Gasteiger partial charge is 0.457 e. The molecule has 4 aromatic rings. The number of aromatic nitrogens is 1. The number of rotatable bonds is 3. The Kier molecular flexibility index (Phi) is 3.62. The number of nitro groups is 1. The molecule has 0 aliphatic carbocycles. The van der Waals surface area contributed by atoms with E-state index < -0.39 is 10.5 Å². The normalized spacial score (nSPS) is 11.0. The molecule has 0 radical (unpaired) electrons. The van der Waals surface area contributed by atoms with Gasteiger partial charge in [-0.2, -0.15) is 0 Å². The van der Waals surface area contributed by atoms with Gasteiger partial charge >= 0.3 is 5.63 Å². The molecule has 7 heteroatoms. The molecular weight excluding hydrogens is 336 g/mol. The van der Waals surface area contributed by atoms with Crippen LogP contribution in [0.4, 0.5) is 5.69 Å². The zero-order valence-corrected chi connectivity index (χ0v) is 13.6. The van der Waals surface area contributed by atoms with Crippen molar-refractivity contribution in [3.05, 3.63) is 81.0 Å². The predicted molar refractivity (Wildman–Crippen MR) is 95.7 cm³/mol. The van der Waals surface area contributed by atoms with E-state index in [0.29, 0.717) is 27.9 Å². The summed E-state index contributed by atoms with van der Waals surface area (Å²) in [5, 5.41) is 13.0. The smallest absolute Gasteiger partial charge is 0.336 e. The number of nitro benzene ring substituents is 1. The van der Waals surface area contributed by atoms with Crippen molar-refractivity contribution < 1.29 is 14.1 Å². The molecule has 0 saturated heterocycles.